The third-order valence-electron chi connectivity index (χ3n) is 9.20. The van der Waals surface area contributed by atoms with Crippen LogP contribution in [0.4, 0.5) is 0 Å². The fourth-order valence-corrected chi connectivity index (χ4v) is 7.94. The quantitative estimate of drug-likeness (QED) is 0.461. The van der Waals surface area contributed by atoms with Gasteiger partial charge in [-0.2, -0.15) is 0 Å². The third-order valence-corrected chi connectivity index (χ3v) is 9.44. The van der Waals surface area contributed by atoms with Gasteiger partial charge < -0.3 is 4.74 Å². The van der Waals surface area contributed by atoms with Crippen molar-refractivity contribution in [3.63, 3.8) is 0 Å². The van der Waals surface area contributed by atoms with E-state index in [9.17, 15) is 14.4 Å². The molecule has 0 aromatic carbocycles. The molecule has 0 bridgehead atoms. The lowest BCUT2D eigenvalue weighted by atomic mass is 9.47. The molecule has 0 saturated heterocycles. The van der Waals surface area contributed by atoms with Crippen molar-refractivity contribution in [2.45, 2.75) is 71.8 Å². The van der Waals surface area contributed by atoms with Crippen LogP contribution in [0.15, 0.2) is 23.8 Å². The molecule has 0 aliphatic heterocycles. The average molecular weight is 433 g/mol. The molecule has 4 aliphatic carbocycles. The van der Waals surface area contributed by atoms with Crippen LogP contribution < -0.4 is 0 Å². The highest BCUT2D eigenvalue weighted by Gasteiger charge is 2.70. The number of hydrogen-bond acceptors (Lipinski definition) is 4. The Morgan fingerprint density at radius 3 is 2.63 bits per heavy atom. The number of carbonyl (C=O) groups excluding carboxylic acids is 3. The van der Waals surface area contributed by atoms with Crippen molar-refractivity contribution in [1.82, 2.24) is 0 Å². The van der Waals surface area contributed by atoms with E-state index in [2.05, 4.69) is 26.8 Å². The van der Waals surface area contributed by atoms with Gasteiger partial charge in [0.15, 0.2) is 17.2 Å². The summed E-state index contributed by atoms with van der Waals surface area (Å²) in [6.45, 7) is 8.26. The van der Waals surface area contributed by atoms with Gasteiger partial charge in [0.2, 0.25) is 0 Å². The second-order valence-corrected chi connectivity index (χ2v) is 10.6. The van der Waals surface area contributed by atoms with Gasteiger partial charge in [-0.25, -0.2) is 0 Å². The van der Waals surface area contributed by atoms with E-state index >= 15 is 0 Å². The van der Waals surface area contributed by atoms with Crippen LogP contribution in [-0.2, 0) is 19.1 Å². The van der Waals surface area contributed by atoms with Crippen molar-refractivity contribution < 1.29 is 19.1 Å². The average Bonchev–Trinajstić information content (AvgIpc) is 2.95. The number of allylic oxidation sites excluding steroid dienone is 4. The number of ketones is 2. The summed E-state index contributed by atoms with van der Waals surface area (Å²) >= 11 is 6.08. The molecule has 0 unspecified atom stereocenters. The van der Waals surface area contributed by atoms with Gasteiger partial charge in [-0.05, 0) is 62.0 Å². The molecule has 4 nitrogen and oxygen atoms in total. The van der Waals surface area contributed by atoms with E-state index in [4.69, 9.17) is 16.3 Å². The first-order chi connectivity index (χ1) is 14.1. The zero-order valence-corrected chi connectivity index (χ0v) is 19.3. The second kappa shape index (κ2) is 7.32. The smallest absolute Gasteiger partial charge is 0.306 e. The van der Waals surface area contributed by atoms with Gasteiger partial charge in [0.1, 0.15) is 0 Å². The van der Waals surface area contributed by atoms with Crippen LogP contribution in [0, 0.1) is 34.5 Å². The van der Waals surface area contributed by atoms with Gasteiger partial charge in [-0.1, -0.05) is 39.3 Å². The Morgan fingerprint density at radius 2 is 1.97 bits per heavy atom. The minimum absolute atomic E-state index is 0.0544. The van der Waals surface area contributed by atoms with Crippen LogP contribution in [0.1, 0.15) is 66.2 Å². The normalized spacial score (nSPS) is 44.6. The Hall–Kier alpha value is -1.42. The molecule has 0 N–H and O–H groups in total. The van der Waals surface area contributed by atoms with Gasteiger partial charge in [0.25, 0.3) is 0 Å². The minimum atomic E-state index is -1.13. The maximum Gasteiger partial charge on any atom is 0.306 e. The molecular weight excluding hydrogens is 400 g/mol. The third kappa shape index (κ3) is 2.75. The largest absolute Gasteiger partial charge is 0.450 e. The molecule has 5 heteroatoms. The molecule has 30 heavy (non-hydrogen) atoms. The van der Waals surface area contributed by atoms with Crippen LogP contribution >= 0.6 is 11.6 Å². The number of fused-ring (bicyclic) bond motifs is 5. The highest BCUT2D eigenvalue weighted by atomic mass is 35.5. The van der Waals surface area contributed by atoms with E-state index in [1.807, 2.05) is 6.08 Å². The fourth-order valence-electron chi connectivity index (χ4n) is 7.74. The molecule has 3 saturated carbocycles. The number of Topliss-reactive ketones (excluding diaryl/α,β-unsaturated/α-hetero) is 1. The van der Waals surface area contributed by atoms with Gasteiger partial charge >= 0.3 is 5.97 Å². The number of halogens is 1. The Balaban J connectivity index is 1.75. The number of alkyl halides is 1. The monoisotopic (exact) mass is 432 g/mol. The SMILES string of the molecule is CCC(=O)O[C@]1(C(=O)CCl)[C@@H](C)C[C@H]2[C@@H]3CCC4=CC(=O)C=C[C@]4(C)[C@H]3CC[C@@]21C. The number of rotatable bonds is 4. The summed E-state index contributed by atoms with van der Waals surface area (Å²) in [4.78, 5) is 37.7. The predicted molar refractivity (Wildman–Crippen MR) is 116 cm³/mol. The molecule has 4 aliphatic rings. The van der Waals surface area contributed by atoms with Crippen LogP contribution in [0.5, 0.6) is 0 Å². The summed E-state index contributed by atoms with van der Waals surface area (Å²) in [7, 11) is 0. The highest BCUT2D eigenvalue weighted by molar-refractivity contribution is 6.29. The number of carbonyl (C=O) groups is 3. The molecule has 0 amide bonds. The Kier molecular flexibility index (Phi) is 5.32. The summed E-state index contributed by atoms with van der Waals surface area (Å²) in [5.74, 6) is 0.620. The van der Waals surface area contributed by atoms with Gasteiger partial charge in [-0.15, -0.1) is 11.6 Å². The Labute approximate surface area is 184 Å². The van der Waals surface area contributed by atoms with Gasteiger partial charge in [0.05, 0.1) is 5.88 Å². The standard InChI is InChI=1S/C25H33ClO4/c1-5-22(29)30-25(21(28)14-26)15(2)12-20-18-7-6-16-13-17(27)8-10-23(16,3)19(18)9-11-24(20,25)4/h8,10,13,15,18-20H,5-7,9,11-12,14H2,1-4H3/t15-,18+,19-,20-,23-,24-,25-/m0/s1. The minimum Gasteiger partial charge on any atom is -0.450 e. The molecular formula is C25H33ClO4. The zero-order chi connectivity index (χ0) is 21.9. The molecule has 0 aromatic rings. The van der Waals surface area contributed by atoms with Crippen LogP contribution in [0.25, 0.3) is 0 Å². The lowest BCUT2D eigenvalue weighted by Gasteiger charge is -2.58. The summed E-state index contributed by atoms with van der Waals surface area (Å²) < 4.78 is 6.07. The Bertz CT molecular complexity index is 844. The van der Waals surface area contributed by atoms with Crippen LogP contribution in [0.3, 0.4) is 0 Å². The first-order valence-electron chi connectivity index (χ1n) is 11.4. The van der Waals surface area contributed by atoms with E-state index in [1.54, 1.807) is 13.0 Å². The highest BCUT2D eigenvalue weighted by Crippen LogP contribution is 2.69. The maximum absolute atomic E-state index is 13.3. The molecule has 0 heterocycles. The van der Waals surface area contributed by atoms with E-state index in [0.717, 1.165) is 32.1 Å². The summed E-state index contributed by atoms with van der Waals surface area (Å²) in [5, 5.41) is 0. The summed E-state index contributed by atoms with van der Waals surface area (Å²) in [6, 6.07) is 0. The predicted octanol–water partition coefficient (Wildman–Crippen LogP) is 5.04. The van der Waals surface area contributed by atoms with Crippen molar-refractivity contribution in [3.05, 3.63) is 23.8 Å². The fraction of sp³-hybridized carbons (Fsp3) is 0.720. The van der Waals surface area contributed by atoms with E-state index < -0.39 is 11.0 Å². The summed E-state index contributed by atoms with van der Waals surface area (Å²) in [5.41, 5.74) is -0.377. The lowest BCUT2D eigenvalue weighted by Crippen LogP contribution is -2.61. The molecule has 3 fully saturated rings. The molecule has 7 atom stereocenters. The molecule has 0 radical (unpaired) electrons. The van der Waals surface area contributed by atoms with Crippen molar-refractivity contribution in [3.8, 4) is 0 Å². The van der Waals surface area contributed by atoms with Crippen molar-refractivity contribution in [2.75, 3.05) is 5.88 Å². The number of esters is 1. The van der Waals surface area contributed by atoms with Crippen molar-refractivity contribution in [1.29, 1.82) is 0 Å². The second-order valence-electron chi connectivity index (χ2n) is 10.3. The molecule has 0 spiro atoms. The van der Waals surface area contributed by atoms with Gasteiger partial charge in [0, 0.05) is 23.2 Å². The molecule has 4 rings (SSSR count). The molecule has 164 valence electrons. The van der Waals surface area contributed by atoms with Gasteiger partial charge in [-0.3, -0.25) is 14.4 Å². The van der Waals surface area contributed by atoms with E-state index in [0.29, 0.717) is 17.8 Å². The first kappa shape index (κ1) is 21.8. The van der Waals surface area contributed by atoms with E-state index in [1.165, 1.54) is 5.57 Å². The van der Waals surface area contributed by atoms with Crippen molar-refractivity contribution >= 4 is 29.1 Å². The lowest BCUT2D eigenvalue weighted by molar-refractivity contribution is -0.193. The topological polar surface area (TPSA) is 60.4 Å². The van der Waals surface area contributed by atoms with Crippen molar-refractivity contribution in [2.24, 2.45) is 34.5 Å². The number of ether oxygens (including phenoxy) is 1. The molecule has 0 aromatic heterocycles. The number of hydrogen-bond donors (Lipinski definition) is 0. The Morgan fingerprint density at radius 1 is 1.23 bits per heavy atom. The van der Waals surface area contributed by atoms with E-state index in [-0.39, 0.29) is 41.2 Å². The van der Waals surface area contributed by atoms with Crippen LogP contribution in [0.2, 0.25) is 0 Å². The first-order valence-corrected chi connectivity index (χ1v) is 11.9. The zero-order valence-electron chi connectivity index (χ0n) is 18.5. The van der Waals surface area contributed by atoms with Crippen LogP contribution in [-0.4, -0.2) is 29.0 Å². The summed E-state index contributed by atoms with van der Waals surface area (Å²) in [6.07, 6.45) is 10.5. The maximum atomic E-state index is 13.3.